The largest absolute Gasteiger partial charge is 0.425 e. The first-order chi connectivity index (χ1) is 9.97. The van der Waals surface area contributed by atoms with Crippen molar-refractivity contribution in [1.29, 1.82) is 0 Å². The van der Waals surface area contributed by atoms with E-state index >= 15 is 0 Å². The molecular weight excluding hydrogens is 260 g/mol. The molecule has 0 radical (unpaired) electrons. The molecular formula is C19H20O2. The summed E-state index contributed by atoms with van der Waals surface area (Å²) in [6.07, 6.45) is 1.89. The molecule has 0 aromatic heterocycles. The first-order valence-corrected chi connectivity index (χ1v) is 7.01. The van der Waals surface area contributed by atoms with E-state index in [1.807, 2.05) is 87.5 Å². The third kappa shape index (κ3) is 4.32. The smallest absolute Gasteiger partial charge is 0.316 e. The third-order valence-corrected chi connectivity index (χ3v) is 2.97. The van der Waals surface area contributed by atoms with Crippen molar-refractivity contribution >= 4 is 17.8 Å². The fourth-order valence-corrected chi connectivity index (χ4v) is 1.73. The van der Waals surface area contributed by atoms with Crippen molar-refractivity contribution in [2.75, 3.05) is 0 Å². The van der Waals surface area contributed by atoms with Crippen molar-refractivity contribution in [3.63, 3.8) is 0 Å². The molecule has 0 unspecified atom stereocenters. The molecule has 2 rings (SSSR count). The Kier molecular flexibility index (Phi) is 4.59. The maximum Gasteiger partial charge on any atom is 0.316 e. The third-order valence-electron chi connectivity index (χ3n) is 2.97. The molecule has 2 heteroatoms. The molecule has 0 aliphatic rings. The van der Waals surface area contributed by atoms with E-state index in [0.29, 0.717) is 5.76 Å². The van der Waals surface area contributed by atoms with Gasteiger partial charge in [-0.25, -0.2) is 0 Å². The van der Waals surface area contributed by atoms with Gasteiger partial charge in [-0.3, -0.25) is 4.79 Å². The van der Waals surface area contributed by atoms with E-state index in [1.54, 1.807) is 0 Å². The van der Waals surface area contributed by atoms with Gasteiger partial charge in [-0.15, -0.1) is 0 Å². The van der Waals surface area contributed by atoms with Gasteiger partial charge in [0.15, 0.2) is 0 Å². The number of rotatable bonds is 3. The van der Waals surface area contributed by atoms with Crippen LogP contribution < -0.4 is 0 Å². The minimum absolute atomic E-state index is 0.242. The molecule has 108 valence electrons. The quantitative estimate of drug-likeness (QED) is 0.460. The molecule has 21 heavy (non-hydrogen) atoms. The van der Waals surface area contributed by atoms with Crippen LogP contribution in [0.3, 0.4) is 0 Å². The van der Waals surface area contributed by atoms with E-state index in [1.165, 1.54) is 0 Å². The Morgan fingerprint density at radius 1 is 0.905 bits per heavy atom. The Balaban J connectivity index is 2.36. The molecule has 0 aliphatic heterocycles. The highest BCUT2D eigenvalue weighted by atomic mass is 16.5. The molecule has 0 saturated carbocycles. The van der Waals surface area contributed by atoms with Gasteiger partial charge in [0.2, 0.25) is 0 Å². The monoisotopic (exact) mass is 280 g/mol. The summed E-state index contributed by atoms with van der Waals surface area (Å²) in [5.74, 6) is 0.329. The summed E-state index contributed by atoms with van der Waals surface area (Å²) in [7, 11) is 0. The molecule has 0 spiro atoms. The lowest BCUT2D eigenvalue weighted by atomic mass is 9.97. The Morgan fingerprint density at radius 3 is 1.95 bits per heavy atom. The standard InChI is InChI=1S/C19H20O2/c1-19(2,3)18(20)21-17(16-12-8-5-9-13-16)14-15-10-6-4-7-11-15/h4-14H,1-3H3/b17-14-. The summed E-state index contributed by atoms with van der Waals surface area (Å²) in [4.78, 5) is 12.2. The second kappa shape index (κ2) is 6.40. The van der Waals surface area contributed by atoms with E-state index in [0.717, 1.165) is 11.1 Å². The molecule has 0 bridgehead atoms. The first kappa shape index (κ1) is 15.0. The van der Waals surface area contributed by atoms with Crippen molar-refractivity contribution in [2.45, 2.75) is 20.8 Å². The Hall–Kier alpha value is -2.35. The van der Waals surface area contributed by atoms with E-state index in [9.17, 15) is 4.79 Å². The van der Waals surface area contributed by atoms with Crippen LogP contribution in [0, 0.1) is 5.41 Å². The molecule has 2 aromatic rings. The van der Waals surface area contributed by atoms with Crippen molar-refractivity contribution in [3.05, 3.63) is 71.8 Å². The van der Waals surface area contributed by atoms with Crippen LogP contribution in [-0.4, -0.2) is 5.97 Å². The van der Waals surface area contributed by atoms with Crippen LogP contribution in [0.4, 0.5) is 0 Å². The van der Waals surface area contributed by atoms with Crippen LogP contribution in [-0.2, 0) is 9.53 Å². The lowest BCUT2D eigenvalue weighted by molar-refractivity contribution is -0.145. The molecule has 0 heterocycles. The Morgan fingerprint density at radius 2 is 1.43 bits per heavy atom. The van der Waals surface area contributed by atoms with Gasteiger partial charge < -0.3 is 4.74 Å². The fraction of sp³-hybridized carbons (Fsp3) is 0.211. The van der Waals surface area contributed by atoms with Crippen molar-refractivity contribution in [3.8, 4) is 0 Å². The lowest BCUT2D eigenvalue weighted by Crippen LogP contribution is -2.22. The zero-order chi connectivity index (χ0) is 15.3. The summed E-state index contributed by atoms with van der Waals surface area (Å²) >= 11 is 0. The number of hydrogen-bond acceptors (Lipinski definition) is 2. The summed E-state index contributed by atoms with van der Waals surface area (Å²) in [6, 6.07) is 19.5. The molecule has 0 atom stereocenters. The number of hydrogen-bond donors (Lipinski definition) is 0. The second-order valence-electron chi connectivity index (χ2n) is 5.92. The topological polar surface area (TPSA) is 26.3 Å². The number of carbonyl (C=O) groups is 1. The summed E-state index contributed by atoms with van der Waals surface area (Å²) in [5.41, 5.74) is 1.35. The molecule has 2 aromatic carbocycles. The van der Waals surface area contributed by atoms with E-state index in [2.05, 4.69) is 0 Å². The van der Waals surface area contributed by atoms with Crippen LogP contribution in [0.25, 0.3) is 11.8 Å². The minimum Gasteiger partial charge on any atom is -0.425 e. The van der Waals surface area contributed by atoms with Crippen LogP contribution in [0.2, 0.25) is 0 Å². The molecule has 0 N–H and O–H groups in total. The minimum atomic E-state index is -0.537. The summed E-state index contributed by atoms with van der Waals surface area (Å²) in [5, 5.41) is 0. The normalized spacial score (nSPS) is 12.0. The van der Waals surface area contributed by atoms with Crippen LogP contribution in [0.15, 0.2) is 60.7 Å². The number of ether oxygens (including phenoxy) is 1. The van der Waals surface area contributed by atoms with Crippen molar-refractivity contribution < 1.29 is 9.53 Å². The van der Waals surface area contributed by atoms with Gasteiger partial charge in [0, 0.05) is 5.56 Å². The van der Waals surface area contributed by atoms with E-state index < -0.39 is 5.41 Å². The van der Waals surface area contributed by atoms with Gasteiger partial charge in [-0.1, -0.05) is 60.7 Å². The zero-order valence-electron chi connectivity index (χ0n) is 12.7. The average Bonchev–Trinajstić information content (AvgIpc) is 2.47. The van der Waals surface area contributed by atoms with Crippen LogP contribution in [0.5, 0.6) is 0 Å². The van der Waals surface area contributed by atoms with Gasteiger partial charge in [0.05, 0.1) is 5.41 Å². The number of benzene rings is 2. The molecule has 2 nitrogen and oxygen atoms in total. The van der Waals surface area contributed by atoms with Gasteiger partial charge in [0.1, 0.15) is 5.76 Å². The van der Waals surface area contributed by atoms with Crippen molar-refractivity contribution in [1.82, 2.24) is 0 Å². The van der Waals surface area contributed by atoms with Gasteiger partial charge in [-0.2, -0.15) is 0 Å². The van der Waals surface area contributed by atoms with Crippen LogP contribution in [0.1, 0.15) is 31.9 Å². The predicted octanol–water partition coefficient (Wildman–Crippen LogP) is 4.77. The summed E-state index contributed by atoms with van der Waals surface area (Å²) < 4.78 is 5.63. The number of carbonyl (C=O) groups excluding carboxylic acids is 1. The first-order valence-electron chi connectivity index (χ1n) is 7.01. The van der Waals surface area contributed by atoms with Crippen LogP contribution >= 0.6 is 0 Å². The highest BCUT2D eigenvalue weighted by Crippen LogP contribution is 2.24. The Labute approximate surface area is 126 Å². The highest BCUT2D eigenvalue weighted by Gasteiger charge is 2.24. The highest BCUT2D eigenvalue weighted by molar-refractivity contribution is 5.87. The van der Waals surface area contributed by atoms with E-state index in [-0.39, 0.29) is 5.97 Å². The van der Waals surface area contributed by atoms with Gasteiger partial charge >= 0.3 is 5.97 Å². The molecule has 0 amide bonds. The maximum absolute atomic E-state index is 12.2. The number of esters is 1. The van der Waals surface area contributed by atoms with E-state index in [4.69, 9.17) is 4.74 Å². The summed E-state index contributed by atoms with van der Waals surface area (Å²) in [6.45, 7) is 5.54. The van der Waals surface area contributed by atoms with Gasteiger partial charge in [0.25, 0.3) is 0 Å². The zero-order valence-corrected chi connectivity index (χ0v) is 12.7. The molecule has 0 saturated heterocycles. The molecule has 0 fully saturated rings. The maximum atomic E-state index is 12.2. The average molecular weight is 280 g/mol. The lowest BCUT2D eigenvalue weighted by Gasteiger charge is -2.18. The molecule has 0 aliphatic carbocycles. The second-order valence-corrected chi connectivity index (χ2v) is 5.92. The van der Waals surface area contributed by atoms with Crippen molar-refractivity contribution in [2.24, 2.45) is 5.41 Å². The SMILES string of the molecule is CC(C)(C)C(=O)O/C(=C\c1ccccc1)c1ccccc1. The Bertz CT molecular complexity index is 620. The fourth-order valence-electron chi connectivity index (χ4n) is 1.73. The predicted molar refractivity (Wildman–Crippen MR) is 86.3 cm³/mol. The van der Waals surface area contributed by atoms with Gasteiger partial charge in [-0.05, 0) is 32.4 Å².